The summed E-state index contributed by atoms with van der Waals surface area (Å²) in [5, 5.41) is 19.1. The molecule has 2 aromatic heterocycles. The van der Waals surface area contributed by atoms with Gasteiger partial charge < -0.3 is 0 Å². The molecule has 1 atom stereocenters. The van der Waals surface area contributed by atoms with E-state index in [0.717, 1.165) is 66.9 Å². The van der Waals surface area contributed by atoms with Gasteiger partial charge in [-0.05, 0) is 34.4 Å². The van der Waals surface area contributed by atoms with Crippen LogP contribution in [0.15, 0.2) is 53.1 Å². The van der Waals surface area contributed by atoms with E-state index < -0.39 is 0 Å². The number of nitrogens with zero attached hydrogens (tertiary/aromatic N) is 7. The monoisotopic (exact) mass is 430 g/mol. The molecular weight excluding hydrogens is 400 g/mol. The normalized spacial score (nSPS) is 15.7. The third-order valence-electron chi connectivity index (χ3n) is 5.52. The number of aromatic nitrogens is 7. The number of hydrogen-bond donors (Lipinski definition) is 1. The van der Waals surface area contributed by atoms with E-state index in [1.807, 2.05) is 24.4 Å². The number of allylic oxidation sites excluding steroid dienone is 3. The third kappa shape index (κ3) is 5.25. The topological polar surface area (TPSA) is 97.5 Å². The summed E-state index contributed by atoms with van der Waals surface area (Å²) in [6.07, 6.45) is 14.7. The number of hydrogen-bond acceptors (Lipinski definition) is 6. The van der Waals surface area contributed by atoms with E-state index in [0.29, 0.717) is 12.4 Å². The largest absolute Gasteiger partial charge is 0.281 e. The van der Waals surface area contributed by atoms with E-state index >= 15 is 0 Å². The predicted octanol–water partition coefficient (Wildman–Crippen LogP) is 4.45. The molecule has 166 valence electrons. The van der Waals surface area contributed by atoms with Crippen molar-refractivity contribution in [2.45, 2.75) is 65.0 Å². The smallest absolute Gasteiger partial charge is 0.179 e. The Morgan fingerprint density at radius 2 is 1.91 bits per heavy atom. The first-order chi connectivity index (χ1) is 15.8. The minimum atomic E-state index is -0.111. The van der Waals surface area contributed by atoms with E-state index in [9.17, 15) is 0 Å². The molecule has 3 aromatic rings. The van der Waals surface area contributed by atoms with Crippen LogP contribution in [0.2, 0.25) is 0 Å². The fourth-order valence-corrected chi connectivity index (χ4v) is 3.76. The molecule has 3 heterocycles. The van der Waals surface area contributed by atoms with Crippen LogP contribution in [0.5, 0.6) is 0 Å². The van der Waals surface area contributed by atoms with Crippen molar-refractivity contribution in [3.8, 4) is 11.4 Å². The summed E-state index contributed by atoms with van der Waals surface area (Å²) in [5.41, 5.74) is 3.11. The van der Waals surface area contributed by atoms with Gasteiger partial charge in [-0.2, -0.15) is 5.10 Å². The summed E-state index contributed by atoms with van der Waals surface area (Å²) in [7, 11) is 0. The van der Waals surface area contributed by atoms with Crippen LogP contribution in [-0.2, 0) is 19.4 Å². The number of benzene rings is 1. The molecule has 0 amide bonds. The van der Waals surface area contributed by atoms with Gasteiger partial charge in [0.2, 0.25) is 0 Å². The lowest BCUT2D eigenvalue weighted by Crippen LogP contribution is -2.09. The number of H-pyrrole nitrogens is 1. The van der Waals surface area contributed by atoms with Crippen molar-refractivity contribution < 1.29 is 0 Å². The Morgan fingerprint density at radius 3 is 2.72 bits per heavy atom. The molecule has 0 saturated heterocycles. The zero-order chi connectivity index (χ0) is 22.2. The highest BCUT2D eigenvalue weighted by Crippen LogP contribution is 2.29. The summed E-state index contributed by atoms with van der Waals surface area (Å²) < 4.78 is 2.06. The van der Waals surface area contributed by atoms with Gasteiger partial charge in [0, 0.05) is 24.6 Å². The Labute approximate surface area is 188 Å². The van der Waals surface area contributed by atoms with Crippen molar-refractivity contribution in [3.05, 3.63) is 65.3 Å². The Bertz CT molecular complexity index is 1090. The standard InChI is InChI=1S/C24H30N8/c1-3-5-14-22-26-23(15-6-4-2)32(29-22)17-18-10-9-13-21(25-16-18)19-11-7-8-12-20(19)24-27-30-31-28-24/h7-13,16,21H,3-6,14-15,17H2,1-2H3,(H,27,28,30,31). The fraction of sp³-hybridized carbons (Fsp3) is 0.417. The van der Waals surface area contributed by atoms with Gasteiger partial charge in [-0.3, -0.25) is 4.99 Å². The highest BCUT2D eigenvalue weighted by Gasteiger charge is 2.16. The van der Waals surface area contributed by atoms with Crippen LogP contribution >= 0.6 is 0 Å². The van der Waals surface area contributed by atoms with Gasteiger partial charge in [0.25, 0.3) is 0 Å². The second kappa shape index (κ2) is 10.7. The van der Waals surface area contributed by atoms with Crippen LogP contribution in [0.3, 0.4) is 0 Å². The zero-order valence-corrected chi connectivity index (χ0v) is 18.8. The average molecular weight is 431 g/mol. The van der Waals surface area contributed by atoms with Gasteiger partial charge in [-0.15, -0.1) is 5.10 Å². The van der Waals surface area contributed by atoms with E-state index in [1.54, 1.807) is 0 Å². The highest BCUT2D eigenvalue weighted by molar-refractivity contribution is 5.80. The number of nitrogens with one attached hydrogen (secondary N) is 1. The summed E-state index contributed by atoms with van der Waals surface area (Å²) >= 11 is 0. The van der Waals surface area contributed by atoms with E-state index in [2.05, 4.69) is 63.4 Å². The van der Waals surface area contributed by atoms with Crippen molar-refractivity contribution in [2.75, 3.05) is 0 Å². The molecule has 1 unspecified atom stereocenters. The molecule has 0 aliphatic carbocycles. The fourth-order valence-electron chi connectivity index (χ4n) is 3.76. The molecule has 1 aliphatic rings. The lowest BCUT2D eigenvalue weighted by Gasteiger charge is -2.11. The maximum absolute atomic E-state index is 4.87. The van der Waals surface area contributed by atoms with Gasteiger partial charge in [0.1, 0.15) is 5.82 Å². The van der Waals surface area contributed by atoms with Crippen molar-refractivity contribution in [1.82, 2.24) is 35.4 Å². The third-order valence-corrected chi connectivity index (χ3v) is 5.52. The van der Waals surface area contributed by atoms with Gasteiger partial charge in [0.05, 0.1) is 12.6 Å². The van der Waals surface area contributed by atoms with Gasteiger partial charge >= 0.3 is 0 Å². The molecule has 1 N–H and O–H groups in total. The van der Waals surface area contributed by atoms with Crippen LogP contribution in [0.1, 0.15) is 62.8 Å². The lowest BCUT2D eigenvalue weighted by molar-refractivity contribution is 0.615. The maximum atomic E-state index is 4.87. The van der Waals surface area contributed by atoms with Crippen LogP contribution in [0.4, 0.5) is 0 Å². The molecule has 1 aromatic carbocycles. The predicted molar refractivity (Wildman–Crippen MR) is 125 cm³/mol. The van der Waals surface area contributed by atoms with E-state index in [-0.39, 0.29) is 6.04 Å². The number of unbranched alkanes of at least 4 members (excludes halogenated alkanes) is 2. The Hall–Kier alpha value is -3.42. The second-order valence-electron chi connectivity index (χ2n) is 8.00. The number of aryl methyl sites for hydroxylation is 2. The number of rotatable bonds is 10. The first kappa shape index (κ1) is 21.8. The van der Waals surface area contributed by atoms with E-state index in [4.69, 9.17) is 15.1 Å². The van der Waals surface area contributed by atoms with Crippen LogP contribution in [0.25, 0.3) is 11.4 Å². The molecule has 0 fully saturated rings. The van der Waals surface area contributed by atoms with Gasteiger partial charge in [-0.1, -0.05) is 69.2 Å². The number of aromatic amines is 1. The molecule has 1 aliphatic heterocycles. The Balaban J connectivity index is 1.53. The molecule has 0 radical (unpaired) electrons. The Morgan fingerprint density at radius 1 is 1.06 bits per heavy atom. The Kier molecular flexibility index (Phi) is 7.32. The maximum Gasteiger partial charge on any atom is 0.179 e. The van der Waals surface area contributed by atoms with Crippen molar-refractivity contribution in [2.24, 2.45) is 4.99 Å². The molecule has 0 saturated carbocycles. The lowest BCUT2D eigenvalue weighted by atomic mass is 10.00. The SMILES string of the molecule is CCCCc1nc(CCCC)n(CC2=CC=CC(c3ccccc3-c3nnn[nH]3)N=C2)n1. The molecular formula is C24H30N8. The molecule has 0 bridgehead atoms. The van der Waals surface area contributed by atoms with Crippen LogP contribution in [-0.4, -0.2) is 41.6 Å². The van der Waals surface area contributed by atoms with Gasteiger partial charge in [0.15, 0.2) is 11.6 Å². The van der Waals surface area contributed by atoms with Crippen molar-refractivity contribution in [3.63, 3.8) is 0 Å². The number of tetrazole rings is 1. The second-order valence-corrected chi connectivity index (χ2v) is 8.00. The average Bonchev–Trinajstić information content (AvgIpc) is 3.42. The summed E-state index contributed by atoms with van der Waals surface area (Å²) in [6.45, 7) is 5.07. The van der Waals surface area contributed by atoms with E-state index in [1.165, 1.54) is 0 Å². The summed E-state index contributed by atoms with van der Waals surface area (Å²) in [5.74, 6) is 2.66. The quantitative estimate of drug-likeness (QED) is 0.512. The summed E-state index contributed by atoms with van der Waals surface area (Å²) in [4.78, 5) is 9.68. The minimum absolute atomic E-state index is 0.111. The molecule has 0 spiro atoms. The molecule has 8 nitrogen and oxygen atoms in total. The highest BCUT2D eigenvalue weighted by atomic mass is 15.5. The minimum Gasteiger partial charge on any atom is -0.281 e. The first-order valence-corrected chi connectivity index (χ1v) is 11.4. The van der Waals surface area contributed by atoms with Crippen molar-refractivity contribution in [1.29, 1.82) is 0 Å². The molecule has 32 heavy (non-hydrogen) atoms. The first-order valence-electron chi connectivity index (χ1n) is 11.4. The molecule has 8 heteroatoms. The zero-order valence-electron chi connectivity index (χ0n) is 18.8. The summed E-state index contributed by atoms with van der Waals surface area (Å²) in [6, 6.07) is 7.95. The van der Waals surface area contributed by atoms with Crippen LogP contribution < -0.4 is 0 Å². The van der Waals surface area contributed by atoms with Gasteiger partial charge in [-0.25, -0.2) is 14.8 Å². The van der Waals surface area contributed by atoms with Crippen LogP contribution in [0, 0.1) is 0 Å². The molecule has 4 rings (SSSR count). The van der Waals surface area contributed by atoms with Crippen molar-refractivity contribution >= 4 is 6.21 Å². The number of aliphatic imine (C=N–C) groups is 1.